The number of aliphatic carboxylic acids is 1. The quantitative estimate of drug-likeness (QED) is 0.451. The normalized spacial score (nSPS) is 10.2. The Kier molecular flexibility index (Phi) is 5.78. The molecule has 3 aromatic rings. The van der Waals surface area contributed by atoms with Gasteiger partial charge in [0, 0.05) is 29.3 Å². The van der Waals surface area contributed by atoms with Crippen LogP contribution in [0, 0.1) is 23.2 Å². The van der Waals surface area contributed by atoms with E-state index >= 15 is 0 Å². The number of nitrogens with one attached hydrogen (secondary N) is 1. The van der Waals surface area contributed by atoms with Crippen molar-refractivity contribution in [1.29, 1.82) is 5.26 Å². The topological polar surface area (TPSA) is 114 Å². The minimum Gasteiger partial charge on any atom is -0.506 e. The van der Waals surface area contributed by atoms with E-state index in [2.05, 4.69) is 16.8 Å². The molecule has 6 nitrogen and oxygen atoms in total. The fraction of sp³-hybridized carbons (Fsp3) is 0.190. The van der Waals surface area contributed by atoms with Crippen LogP contribution in [0.5, 0.6) is 5.75 Å². The second kappa shape index (κ2) is 8.43. The third kappa shape index (κ3) is 4.06. The highest BCUT2D eigenvalue weighted by molar-refractivity contribution is 7.17. The van der Waals surface area contributed by atoms with Gasteiger partial charge in [0.25, 0.3) is 5.56 Å². The molecule has 0 aliphatic heterocycles. The fourth-order valence-corrected chi connectivity index (χ4v) is 3.75. The van der Waals surface area contributed by atoms with Crippen LogP contribution in [-0.2, 0) is 4.79 Å². The van der Waals surface area contributed by atoms with Crippen molar-refractivity contribution < 1.29 is 15.0 Å². The predicted molar refractivity (Wildman–Crippen MR) is 107 cm³/mol. The minimum absolute atomic E-state index is 0.163. The second-order valence-corrected chi connectivity index (χ2v) is 7.00. The van der Waals surface area contributed by atoms with Crippen molar-refractivity contribution in [2.45, 2.75) is 25.7 Å². The van der Waals surface area contributed by atoms with Crippen LogP contribution in [0.25, 0.3) is 21.3 Å². The molecule has 0 fully saturated rings. The number of nitriles is 1. The number of nitrogens with zero attached hydrogens (tertiary/aromatic N) is 1. The fourth-order valence-electron chi connectivity index (χ4n) is 2.79. The zero-order valence-corrected chi connectivity index (χ0v) is 15.6. The van der Waals surface area contributed by atoms with Crippen molar-refractivity contribution in [2.75, 3.05) is 0 Å². The number of H-pyrrole nitrogens is 1. The van der Waals surface area contributed by atoms with Gasteiger partial charge in [-0.2, -0.15) is 5.26 Å². The first-order valence-electron chi connectivity index (χ1n) is 8.59. The summed E-state index contributed by atoms with van der Waals surface area (Å²) in [7, 11) is 0. The number of hydrogen-bond donors (Lipinski definition) is 3. The van der Waals surface area contributed by atoms with Crippen LogP contribution in [0.4, 0.5) is 0 Å². The molecule has 0 spiro atoms. The smallest absolute Gasteiger partial charge is 0.303 e. The van der Waals surface area contributed by atoms with Gasteiger partial charge in [-0.1, -0.05) is 24.0 Å². The van der Waals surface area contributed by atoms with Gasteiger partial charge in [0.2, 0.25) is 0 Å². The van der Waals surface area contributed by atoms with E-state index < -0.39 is 11.5 Å². The molecule has 0 saturated carbocycles. The summed E-state index contributed by atoms with van der Waals surface area (Å²) in [6.45, 7) is 0. The van der Waals surface area contributed by atoms with Crippen LogP contribution in [-0.4, -0.2) is 21.2 Å². The summed E-state index contributed by atoms with van der Waals surface area (Å²) in [5.41, 5.74) is 1.51. The van der Waals surface area contributed by atoms with Crippen LogP contribution in [0.1, 0.15) is 36.8 Å². The van der Waals surface area contributed by atoms with Gasteiger partial charge in [-0.05, 0) is 30.5 Å². The maximum atomic E-state index is 11.8. The van der Waals surface area contributed by atoms with Crippen molar-refractivity contribution in [2.24, 2.45) is 0 Å². The molecule has 2 aromatic heterocycles. The lowest BCUT2D eigenvalue weighted by atomic mass is 10.0. The molecule has 1 aromatic carbocycles. The Balaban J connectivity index is 1.80. The SMILES string of the molecule is N#Cc1c(O)c2c(-c3ccc(C#CCCCCC(=O)O)cc3)csc2[nH]c1=O. The molecular formula is C21H16N2O4S. The monoisotopic (exact) mass is 392 g/mol. The molecule has 0 unspecified atom stereocenters. The van der Waals surface area contributed by atoms with E-state index in [1.165, 1.54) is 11.3 Å². The molecule has 140 valence electrons. The molecule has 0 atom stereocenters. The summed E-state index contributed by atoms with van der Waals surface area (Å²) in [6.07, 6.45) is 2.17. The molecule has 3 N–H and O–H groups in total. The third-order valence-electron chi connectivity index (χ3n) is 4.20. The van der Waals surface area contributed by atoms with Crippen molar-refractivity contribution in [3.05, 3.63) is 51.1 Å². The summed E-state index contributed by atoms with van der Waals surface area (Å²) in [4.78, 5) is 25.4. The predicted octanol–water partition coefficient (Wildman–Crippen LogP) is 3.83. The molecule has 7 heteroatoms. The Morgan fingerprint density at radius 2 is 1.96 bits per heavy atom. The number of aromatic hydroxyl groups is 1. The number of aromatic nitrogens is 1. The van der Waals surface area contributed by atoms with E-state index in [9.17, 15) is 14.7 Å². The van der Waals surface area contributed by atoms with E-state index in [0.717, 1.165) is 23.1 Å². The average molecular weight is 392 g/mol. The zero-order chi connectivity index (χ0) is 20.1. The minimum atomic E-state index is -0.790. The summed E-state index contributed by atoms with van der Waals surface area (Å²) in [5, 5.41) is 30.3. The molecule has 0 aliphatic rings. The van der Waals surface area contributed by atoms with Crippen molar-refractivity contribution in [1.82, 2.24) is 4.98 Å². The molecule has 0 amide bonds. The summed E-state index contributed by atoms with van der Waals surface area (Å²) >= 11 is 1.29. The first kappa shape index (κ1) is 19.2. The van der Waals surface area contributed by atoms with E-state index in [1.54, 1.807) is 6.07 Å². The van der Waals surface area contributed by atoms with Gasteiger partial charge in [-0.25, -0.2) is 0 Å². The number of carboxylic acid groups (broad SMARTS) is 1. The van der Waals surface area contributed by atoms with E-state index in [0.29, 0.717) is 23.1 Å². The Morgan fingerprint density at radius 3 is 2.64 bits per heavy atom. The number of carboxylic acids is 1. The van der Waals surface area contributed by atoms with Crippen LogP contribution < -0.4 is 5.56 Å². The van der Waals surface area contributed by atoms with Gasteiger partial charge in [-0.3, -0.25) is 9.59 Å². The number of unbranched alkanes of at least 4 members (excludes halogenated alkanes) is 2. The van der Waals surface area contributed by atoms with Crippen molar-refractivity contribution in [3.63, 3.8) is 0 Å². The number of thiophene rings is 1. The maximum Gasteiger partial charge on any atom is 0.303 e. The van der Waals surface area contributed by atoms with Gasteiger partial charge >= 0.3 is 5.97 Å². The average Bonchev–Trinajstić information content (AvgIpc) is 3.09. The lowest BCUT2D eigenvalue weighted by Gasteiger charge is -2.03. The maximum absolute atomic E-state index is 11.8. The molecule has 0 aliphatic carbocycles. The van der Waals surface area contributed by atoms with Crippen LogP contribution >= 0.6 is 11.3 Å². The van der Waals surface area contributed by atoms with Gasteiger partial charge in [-0.15, -0.1) is 11.3 Å². The van der Waals surface area contributed by atoms with E-state index in [-0.39, 0.29) is 17.7 Å². The number of pyridine rings is 1. The molecule has 0 radical (unpaired) electrons. The largest absolute Gasteiger partial charge is 0.506 e. The van der Waals surface area contributed by atoms with Crippen molar-refractivity contribution in [3.8, 4) is 34.8 Å². The lowest BCUT2D eigenvalue weighted by Crippen LogP contribution is -2.09. The van der Waals surface area contributed by atoms with E-state index in [4.69, 9.17) is 10.4 Å². The van der Waals surface area contributed by atoms with Crippen LogP contribution in [0.3, 0.4) is 0 Å². The Morgan fingerprint density at radius 1 is 1.21 bits per heavy atom. The Labute approximate surface area is 164 Å². The highest BCUT2D eigenvalue weighted by atomic mass is 32.1. The molecule has 0 saturated heterocycles. The second-order valence-electron chi connectivity index (χ2n) is 6.12. The number of hydrogen-bond acceptors (Lipinski definition) is 5. The summed E-state index contributed by atoms with van der Waals surface area (Å²) < 4.78 is 0. The van der Waals surface area contributed by atoms with E-state index in [1.807, 2.05) is 29.6 Å². The third-order valence-corrected chi connectivity index (χ3v) is 5.10. The standard InChI is InChI=1S/C21H16N2O4S/c22-11-15-19(26)18-16(12-28-21(18)23-20(15)27)14-9-7-13(8-10-14)5-3-1-2-4-6-17(24)25/h7-10,12H,1-2,4,6H2,(H,24,25)(H2,23,26,27). The number of fused-ring (bicyclic) bond motifs is 1. The molecule has 2 heterocycles. The zero-order valence-electron chi connectivity index (χ0n) is 14.8. The number of rotatable bonds is 5. The molecular weight excluding hydrogens is 376 g/mol. The van der Waals surface area contributed by atoms with Gasteiger partial charge in [0.1, 0.15) is 16.6 Å². The number of benzene rings is 1. The molecule has 28 heavy (non-hydrogen) atoms. The lowest BCUT2D eigenvalue weighted by molar-refractivity contribution is -0.137. The van der Waals surface area contributed by atoms with Gasteiger partial charge < -0.3 is 15.2 Å². The number of aromatic amines is 1. The summed E-state index contributed by atoms with van der Waals surface area (Å²) in [6, 6.07) is 9.19. The Hall–Kier alpha value is -3.55. The molecule has 3 rings (SSSR count). The molecule has 0 bridgehead atoms. The van der Waals surface area contributed by atoms with Crippen LogP contribution in [0.15, 0.2) is 34.4 Å². The van der Waals surface area contributed by atoms with Gasteiger partial charge in [0.05, 0.1) is 5.39 Å². The first-order chi connectivity index (χ1) is 13.5. The van der Waals surface area contributed by atoms with Crippen LogP contribution in [0.2, 0.25) is 0 Å². The Bertz CT molecular complexity index is 1190. The number of carbonyl (C=O) groups is 1. The highest BCUT2D eigenvalue weighted by Crippen LogP contribution is 2.38. The van der Waals surface area contributed by atoms with Crippen molar-refractivity contribution >= 4 is 27.5 Å². The first-order valence-corrected chi connectivity index (χ1v) is 9.47. The highest BCUT2D eigenvalue weighted by Gasteiger charge is 2.17. The summed E-state index contributed by atoms with van der Waals surface area (Å²) in [5.74, 6) is 4.98. The van der Waals surface area contributed by atoms with Gasteiger partial charge in [0.15, 0.2) is 5.56 Å².